The number of ketones is 1. The molecule has 1 saturated carbocycles. The van der Waals surface area contributed by atoms with Gasteiger partial charge in [0.1, 0.15) is 5.70 Å². The number of allylic oxidation sites excluding steroid dienone is 1. The van der Waals surface area contributed by atoms with Crippen LogP contribution in [0, 0.1) is 6.92 Å². The van der Waals surface area contributed by atoms with Crippen molar-refractivity contribution < 1.29 is 23.1 Å². The fraction of sp³-hybridized carbons (Fsp3) is 0.656. The number of morpholine rings is 1. The lowest BCUT2D eigenvalue weighted by atomic mass is 9.86. The first-order valence-electron chi connectivity index (χ1n) is 14.8. The summed E-state index contributed by atoms with van der Waals surface area (Å²) in [6.45, 7) is 13.0. The lowest BCUT2D eigenvalue weighted by Gasteiger charge is -2.35. The average molecular weight is 562 g/mol. The highest BCUT2D eigenvalue weighted by Crippen LogP contribution is 2.32. The van der Waals surface area contributed by atoms with Gasteiger partial charge in [0.05, 0.1) is 18.8 Å². The molecule has 2 N–H and O–H groups in total. The number of Topliss-reactive ketones (excluding diaryl/α,β-unsaturated/α-hetero) is 1. The summed E-state index contributed by atoms with van der Waals surface area (Å²) in [5.74, 6) is 0.399. The van der Waals surface area contributed by atoms with E-state index in [4.69, 9.17) is 10.5 Å². The van der Waals surface area contributed by atoms with Crippen molar-refractivity contribution in [3.05, 3.63) is 46.2 Å². The Bertz CT molecular complexity index is 1040. The fourth-order valence-electron chi connectivity index (χ4n) is 5.59. The summed E-state index contributed by atoms with van der Waals surface area (Å²) < 4.78 is 30.9. The van der Waals surface area contributed by atoms with Gasteiger partial charge in [-0.25, -0.2) is 8.78 Å². The van der Waals surface area contributed by atoms with Crippen LogP contribution in [0.2, 0.25) is 0 Å². The molecular weight excluding hydrogens is 512 g/mol. The van der Waals surface area contributed by atoms with Crippen LogP contribution in [-0.4, -0.2) is 54.1 Å². The average Bonchev–Trinajstić information content (AvgIpc) is 3.37. The molecule has 2 fully saturated rings. The summed E-state index contributed by atoms with van der Waals surface area (Å²) in [4.78, 5) is 29.8. The minimum atomic E-state index is -2.36. The first-order chi connectivity index (χ1) is 19.0. The summed E-state index contributed by atoms with van der Waals surface area (Å²) in [5.41, 5.74) is 10.5. The van der Waals surface area contributed by atoms with Gasteiger partial charge in [-0.1, -0.05) is 51.3 Å². The topological polar surface area (TPSA) is 85.0 Å². The number of aryl methyl sites for hydroxylation is 1. The second kappa shape index (κ2) is 16.6. The number of aliphatic imine (C=N–C) groups is 1. The Morgan fingerprint density at radius 1 is 1.10 bits per heavy atom. The number of ether oxygens (including phenoxy) is 1. The smallest absolute Gasteiger partial charge is 0.270 e. The van der Waals surface area contributed by atoms with Crippen molar-refractivity contribution in [3.8, 4) is 0 Å². The summed E-state index contributed by atoms with van der Waals surface area (Å²) in [5, 5.41) is 0. The van der Waals surface area contributed by atoms with Crippen LogP contribution in [0.15, 0.2) is 34.5 Å². The first kappa shape index (κ1) is 33.6. The van der Waals surface area contributed by atoms with E-state index in [9.17, 15) is 18.4 Å². The van der Waals surface area contributed by atoms with Gasteiger partial charge in [0.2, 0.25) is 0 Å². The highest BCUT2D eigenvalue weighted by Gasteiger charge is 2.30. The molecule has 0 radical (unpaired) electrons. The number of hydrogen-bond acceptors (Lipinski definition) is 5. The van der Waals surface area contributed by atoms with E-state index in [-0.39, 0.29) is 41.7 Å². The molecule has 1 aromatic carbocycles. The minimum absolute atomic E-state index is 0.0134. The van der Waals surface area contributed by atoms with Crippen molar-refractivity contribution >= 4 is 17.4 Å². The summed E-state index contributed by atoms with van der Waals surface area (Å²) in [6, 6.07) is 5.14. The van der Waals surface area contributed by atoms with E-state index < -0.39 is 6.43 Å². The molecular formula is C32H49F2N3O3. The Balaban J connectivity index is 0.000000286. The molecule has 1 unspecified atom stereocenters. The maximum absolute atomic E-state index is 12.6. The van der Waals surface area contributed by atoms with Gasteiger partial charge in [-0.3, -0.25) is 14.6 Å². The van der Waals surface area contributed by atoms with E-state index in [2.05, 4.69) is 18.8 Å². The van der Waals surface area contributed by atoms with E-state index in [0.717, 1.165) is 49.0 Å². The highest BCUT2D eigenvalue weighted by molar-refractivity contribution is 6.09. The summed E-state index contributed by atoms with van der Waals surface area (Å²) in [7, 11) is 0. The van der Waals surface area contributed by atoms with Crippen molar-refractivity contribution in [2.24, 2.45) is 10.7 Å². The number of carbonyl (C=O) groups is 2. The Labute approximate surface area is 239 Å². The maximum atomic E-state index is 12.6. The van der Waals surface area contributed by atoms with Crippen LogP contribution >= 0.6 is 0 Å². The van der Waals surface area contributed by atoms with Crippen LogP contribution in [0.4, 0.5) is 8.78 Å². The Morgan fingerprint density at radius 3 is 2.33 bits per heavy atom. The molecule has 6 nitrogen and oxygen atoms in total. The highest BCUT2D eigenvalue weighted by atomic mass is 19.3. The lowest BCUT2D eigenvalue weighted by molar-refractivity contribution is -0.139. The summed E-state index contributed by atoms with van der Waals surface area (Å²) >= 11 is 0. The number of carbonyl (C=O) groups excluding carboxylic acids is 2. The van der Waals surface area contributed by atoms with E-state index in [1.165, 1.54) is 31.7 Å². The molecule has 1 saturated heterocycles. The van der Waals surface area contributed by atoms with Crippen molar-refractivity contribution in [2.75, 3.05) is 19.6 Å². The molecule has 1 amide bonds. The molecule has 0 spiro atoms. The van der Waals surface area contributed by atoms with Crippen molar-refractivity contribution in [1.82, 2.24) is 4.90 Å². The van der Waals surface area contributed by atoms with Crippen molar-refractivity contribution in [2.45, 2.75) is 117 Å². The number of benzene rings is 1. The SMILES string of the molecule is CC(=O)CN=C1CCC/C1=C(/N)C(=O)N1C[C@@H](C)O[C@@H](C)C1.CCCCC(CCC)c1ccc(C(F)F)cc1C. The van der Waals surface area contributed by atoms with Gasteiger partial charge in [0, 0.05) is 29.9 Å². The van der Waals surface area contributed by atoms with E-state index in [0.29, 0.717) is 19.0 Å². The second-order valence-corrected chi connectivity index (χ2v) is 11.2. The van der Waals surface area contributed by atoms with Gasteiger partial charge in [-0.2, -0.15) is 0 Å². The third-order valence-electron chi connectivity index (χ3n) is 7.47. The zero-order valence-corrected chi connectivity index (χ0v) is 25.3. The van der Waals surface area contributed by atoms with Crippen LogP contribution in [0.5, 0.6) is 0 Å². The van der Waals surface area contributed by atoms with Crippen LogP contribution in [0.25, 0.3) is 0 Å². The fourth-order valence-corrected chi connectivity index (χ4v) is 5.59. The number of amides is 1. The second-order valence-electron chi connectivity index (χ2n) is 11.2. The number of halogens is 2. The number of unbranched alkanes of at least 4 members (excludes halogenated alkanes) is 1. The molecule has 0 aromatic heterocycles. The minimum Gasteiger partial charge on any atom is -0.394 e. The monoisotopic (exact) mass is 561 g/mol. The Morgan fingerprint density at radius 2 is 1.77 bits per heavy atom. The normalized spacial score (nSPS) is 22.2. The van der Waals surface area contributed by atoms with E-state index in [1.807, 2.05) is 26.8 Å². The van der Waals surface area contributed by atoms with Gasteiger partial charge in [-0.15, -0.1) is 0 Å². The molecule has 1 aliphatic carbocycles. The molecule has 1 aromatic rings. The van der Waals surface area contributed by atoms with Gasteiger partial charge >= 0.3 is 0 Å². The van der Waals surface area contributed by atoms with Gasteiger partial charge < -0.3 is 15.4 Å². The van der Waals surface area contributed by atoms with Gasteiger partial charge in [0.15, 0.2) is 5.78 Å². The quantitative estimate of drug-likeness (QED) is 0.310. The number of nitrogens with zero attached hydrogens (tertiary/aromatic N) is 2. The number of hydrogen-bond donors (Lipinski definition) is 1. The van der Waals surface area contributed by atoms with Crippen LogP contribution in [0.1, 0.15) is 115 Å². The van der Waals surface area contributed by atoms with Gasteiger partial charge in [0.25, 0.3) is 12.3 Å². The predicted molar refractivity (Wildman–Crippen MR) is 158 cm³/mol. The molecule has 8 heteroatoms. The van der Waals surface area contributed by atoms with E-state index >= 15 is 0 Å². The largest absolute Gasteiger partial charge is 0.394 e. The zero-order chi connectivity index (χ0) is 29.8. The van der Waals surface area contributed by atoms with Crippen molar-refractivity contribution in [3.63, 3.8) is 0 Å². The molecule has 0 bridgehead atoms. The number of alkyl halides is 2. The Hall–Kier alpha value is -2.61. The molecule has 1 heterocycles. The molecule has 40 heavy (non-hydrogen) atoms. The summed E-state index contributed by atoms with van der Waals surface area (Å²) in [6.07, 6.45) is 5.98. The van der Waals surface area contributed by atoms with Crippen LogP contribution in [-0.2, 0) is 14.3 Å². The van der Waals surface area contributed by atoms with Crippen LogP contribution in [0.3, 0.4) is 0 Å². The Kier molecular flexibility index (Phi) is 13.9. The molecule has 2 aliphatic rings. The molecule has 224 valence electrons. The van der Waals surface area contributed by atoms with Gasteiger partial charge in [-0.05, 0) is 76.8 Å². The maximum Gasteiger partial charge on any atom is 0.270 e. The van der Waals surface area contributed by atoms with Crippen molar-refractivity contribution in [1.29, 1.82) is 0 Å². The molecule has 3 atom stereocenters. The van der Waals surface area contributed by atoms with E-state index in [1.54, 1.807) is 17.0 Å². The third kappa shape index (κ3) is 10.1. The molecule has 1 aliphatic heterocycles. The standard InChI is InChI=1S/C16H24F2.C16H25N3O3/c1-4-6-8-13(7-5-2)15-10-9-14(16(17)18)11-12(15)3;1-10(20)7-18-14-6-4-5-13(14)15(17)16(21)19-8-11(2)22-12(3)9-19/h9-11,13,16H,4-8H2,1-3H3;11-12H,4-9,17H2,1-3H3/b;15-13-,18-14?/t;11-,12+. The number of rotatable bonds is 10. The third-order valence-corrected chi connectivity index (χ3v) is 7.47. The van der Waals surface area contributed by atoms with Crippen LogP contribution < -0.4 is 5.73 Å². The lowest BCUT2D eigenvalue weighted by Crippen LogP contribution is -2.49. The first-order valence-corrected chi connectivity index (χ1v) is 14.8. The zero-order valence-electron chi connectivity index (χ0n) is 25.3. The molecule has 3 rings (SSSR count). The predicted octanol–water partition coefficient (Wildman–Crippen LogP) is 7.06. The number of nitrogens with two attached hydrogens (primary N) is 1.